The summed E-state index contributed by atoms with van der Waals surface area (Å²) >= 11 is 8.44. The summed E-state index contributed by atoms with van der Waals surface area (Å²) in [5.41, 5.74) is 5.63. The Hall–Kier alpha value is -0.620. The second kappa shape index (κ2) is 3.86. The van der Waals surface area contributed by atoms with Crippen LogP contribution in [0.15, 0.2) is 16.6 Å². The Kier molecular flexibility index (Phi) is 3.16. The third-order valence-electron chi connectivity index (χ3n) is 1.28. The first-order chi connectivity index (χ1) is 6.29. The quantitative estimate of drug-likeness (QED) is 0.802. The Morgan fingerprint density at radius 3 is 2.43 bits per heavy atom. The molecule has 0 saturated carbocycles. The van der Waals surface area contributed by atoms with E-state index in [1.54, 1.807) is 0 Å². The molecule has 0 spiro atoms. The minimum atomic E-state index is -4.76. The van der Waals surface area contributed by atoms with Crippen LogP contribution in [-0.4, -0.2) is 6.36 Å². The summed E-state index contributed by atoms with van der Waals surface area (Å²) in [6, 6.07) is 2.23. The summed E-state index contributed by atoms with van der Waals surface area (Å²) in [6.07, 6.45) is -4.76. The van der Waals surface area contributed by atoms with E-state index in [2.05, 4.69) is 20.7 Å². The molecular weight excluding hydrogens is 286 g/mol. The monoisotopic (exact) mass is 289 g/mol. The number of rotatable bonds is 1. The van der Waals surface area contributed by atoms with Crippen LogP contribution < -0.4 is 10.5 Å². The first-order valence-corrected chi connectivity index (χ1v) is 4.47. The molecule has 1 rings (SSSR count). The number of hydrogen-bond acceptors (Lipinski definition) is 2. The summed E-state index contributed by atoms with van der Waals surface area (Å²) in [4.78, 5) is 0. The zero-order chi connectivity index (χ0) is 10.9. The second-order valence-corrected chi connectivity index (χ2v) is 3.61. The van der Waals surface area contributed by atoms with Gasteiger partial charge in [0.15, 0.2) is 0 Å². The molecule has 14 heavy (non-hydrogen) atoms. The highest BCUT2D eigenvalue weighted by Gasteiger charge is 2.32. The van der Waals surface area contributed by atoms with Crippen LogP contribution in [0.3, 0.4) is 0 Å². The van der Waals surface area contributed by atoms with Gasteiger partial charge in [-0.15, -0.1) is 13.2 Å². The molecular formula is C7H4BrClF3NO. The highest BCUT2D eigenvalue weighted by atomic mass is 79.9. The van der Waals surface area contributed by atoms with Crippen LogP contribution >= 0.6 is 27.5 Å². The van der Waals surface area contributed by atoms with Gasteiger partial charge in [0.2, 0.25) is 0 Å². The number of nitrogens with two attached hydrogens (primary N) is 1. The minimum absolute atomic E-state index is 0.192. The van der Waals surface area contributed by atoms with E-state index in [-0.39, 0.29) is 10.7 Å². The van der Waals surface area contributed by atoms with Crippen LogP contribution in [0.5, 0.6) is 5.75 Å². The maximum absolute atomic E-state index is 11.8. The molecule has 7 heteroatoms. The van der Waals surface area contributed by atoms with Crippen molar-refractivity contribution in [2.24, 2.45) is 0 Å². The standard InChI is InChI=1S/C7H4BrClF3NO/c8-3-1-6(14-7(10,11)12)4(9)2-5(3)13/h1-2H,13H2. The molecule has 0 heterocycles. The lowest BCUT2D eigenvalue weighted by atomic mass is 10.3. The Labute approximate surface area is 90.9 Å². The van der Waals surface area contributed by atoms with Crippen molar-refractivity contribution < 1.29 is 17.9 Å². The number of hydrogen-bond donors (Lipinski definition) is 1. The van der Waals surface area contributed by atoms with Gasteiger partial charge in [0.25, 0.3) is 0 Å². The Balaban J connectivity index is 3.04. The van der Waals surface area contributed by atoms with Crippen LogP contribution in [0.25, 0.3) is 0 Å². The molecule has 0 radical (unpaired) electrons. The molecule has 0 aliphatic heterocycles. The molecule has 2 nitrogen and oxygen atoms in total. The van der Waals surface area contributed by atoms with Crippen molar-refractivity contribution in [2.75, 3.05) is 5.73 Å². The highest BCUT2D eigenvalue weighted by molar-refractivity contribution is 9.10. The van der Waals surface area contributed by atoms with E-state index < -0.39 is 12.1 Å². The average Bonchev–Trinajstić information content (AvgIpc) is 1.97. The van der Waals surface area contributed by atoms with Crippen molar-refractivity contribution in [1.29, 1.82) is 0 Å². The molecule has 0 saturated heterocycles. The fraction of sp³-hybridized carbons (Fsp3) is 0.143. The Morgan fingerprint density at radius 1 is 1.36 bits per heavy atom. The SMILES string of the molecule is Nc1cc(Cl)c(OC(F)(F)F)cc1Br. The summed E-state index contributed by atoms with van der Waals surface area (Å²) in [5, 5.41) is -0.192. The van der Waals surface area contributed by atoms with E-state index in [4.69, 9.17) is 17.3 Å². The van der Waals surface area contributed by atoms with Crippen LogP contribution in [0.2, 0.25) is 5.02 Å². The summed E-state index contributed by atoms with van der Waals surface area (Å²) in [6.45, 7) is 0. The Morgan fingerprint density at radius 2 is 1.93 bits per heavy atom. The third-order valence-corrected chi connectivity index (χ3v) is 2.26. The van der Waals surface area contributed by atoms with Gasteiger partial charge in [0.05, 0.1) is 5.02 Å². The molecule has 0 aliphatic rings. The zero-order valence-corrected chi connectivity index (χ0v) is 8.87. The predicted octanol–water partition coefficient (Wildman–Crippen LogP) is 3.58. The van der Waals surface area contributed by atoms with Crippen molar-refractivity contribution in [3.8, 4) is 5.75 Å². The number of halogens is 5. The smallest absolute Gasteiger partial charge is 0.404 e. The molecule has 1 aromatic carbocycles. The van der Waals surface area contributed by atoms with Gasteiger partial charge in [-0.05, 0) is 28.1 Å². The van der Waals surface area contributed by atoms with Gasteiger partial charge in [-0.25, -0.2) is 0 Å². The maximum Gasteiger partial charge on any atom is 0.573 e. The van der Waals surface area contributed by atoms with Gasteiger partial charge in [-0.1, -0.05) is 11.6 Å². The number of alkyl halides is 3. The highest BCUT2D eigenvalue weighted by Crippen LogP contribution is 2.35. The van der Waals surface area contributed by atoms with Crippen molar-refractivity contribution >= 4 is 33.2 Å². The first-order valence-electron chi connectivity index (χ1n) is 3.30. The number of benzene rings is 1. The predicted molar refractivity (Wildman–Crippen MR) is 50.2 cm³/mol. The molecule has 0 aliphatic carbocycles. The van der Waals surface area contributed by atoms with Crippen LogP contribution in [0.1, 0.15) is 0 Å². The van der Waals surface area contributed by atoms with Crippen LogP contribution in [0, 0.1) is 0 Å². The van der Waals surface area contributed by atoms with Crippen LogP contribution in [-0.2, 0) is 0 Å². The van der Waals surface area contributed by atoms with Crippen molar-refractivity contribution in [3.05, 3.63) is 21.6 Å². The van der Waals surface area contributed by atoms with E-state index in [1.165, 1.54) is 6.07 Å². The number of anilines is 1. The molecule has 78 valence electrons. The zero-order valence-electron chi connectivity index (χ0n) is 6.53. The maximum atomic E-state index is 11.8. The van der Waals surface area contributed by atoms with Gasteiger partial charge in [-0.3, -0.25) is 0 Å². The van der Waals surface area contributed by atoms with Gasteiger partial charge in [0, 0.05) is 10.2 Å². The number of ether oxygens (including phenoxy) is 1. The number of nitrogen functional groups attached to an aromatic ring is 1. The third kappa shape index (κ3) is 2.95. The van der Waals surface area contributed by atoms with E-state index in [0.29, 0.717) is 4.47 Å². The Bertz CT molecular complexity index is 356. The fourth-order valence-electron chi connectivity index (χ4n) is 0.747. The van der Waals surface area contributed by atoms with Gasteiger partial charge in [-0.2, -0.15) is 0 Å². The molecule has 1 aromatic rings. The first kappa shape index (κ1) is 11.5. The lowest BCUT2D eigenvalue weighted by Crippen LogP contribution is -2.17. The van der Waals surface area contributed by atoms with Crippen LogP contribution in [0.4, 0.5) is 18.9 Å². The second-order valence-electron chi connectivity index (χ2n) is 2.35. The van der Waals surface area contributed by atoms with Gasteiger partial charge in [0.1, 0.15) is 5.75 Å². The minimum Gasteiger partial charge on any atom is -0.404 e. The van der Waals surface area contributed by atoms with Crippen molar-refractivity contribution in [3.63, 3.8) is 0 Å². The van der Waals surface area contributed by atoms with E-state index >= 15 is 0 Å². The largest absolute Gasteiger partial charge is 0.573 e. The van der Waals surface area contributed by atoms with E-state index in [9.17, 15) is 13.2 Å². The topological polar surface area (TPSA) is 35.2 Å². The lowest BCUT2D eigenvalue weighted by molar-refractivity contribution is -0.274. The van der Waals surface area contributed by atoms with Crippen molar-refractivity contribution in [1.82, 2.24) is 0 Å². The molecule has 0 amide bonds. The average molecular weight is 290 g/mol. The molecule has 0 atom stereocenters. The normalized spacial score (nSPS) is 11.5. The van der Waals surface area contributed by atoms with E-state index in [0.717, 1.165) is 6.07 Å². The van der Waals surface area contributed by atoms with E-state index in [1.807, 2.05) is 0 Å². The molecule has 0 aromatic heterocycles. The molecule has 2 N–H and O–H groups in total. The summed E-state index contributed by atoms with van der Waals surface area (Å²) in [5.74, 6) is -0.486. The summed E-state index contributed by atoms with van der Waals surface area (Å²) < 4.78 is 39.4. The molecule has 0 bridgehead atoms. The summed E-state index contributed by atoms with van der Waals surface area (Å²) in [7, 11) is 0. The van der Waals surface area contributed by atoms with Crippen molar-refractivity contribution in [2.45, 2.75) is 6.36 Å². The van der Waals surface area contributed by atoms with Gasteiger partial charge < -0.3 is 10.5 Å². The molecule has 0 fully saturated rings. The molecule has 0 unspecified atom stereocenters. The van der Waals surface area contributed by atoms with Gasteiger partial charge >= 0.3 is 6.36 Å². The fourth-order valence-corrected chi connectivity index (χ4v) is 1.28. The lowest BCUT2D eigenvalue weighted by Gasteiger charge is -2.11.